The minimum absolute atomic E-state index is 0.427. The number of nitrogens with two attached hydrogens (primary N) is 1. The van der Waals surface area contributed by atoms with Crippen LogP contribution in [0.2, 0.25) is 5.02 Å². The summed E-state index contributed by atoms with van der Waals surface area (Å²) in [5, 5.41) is 4.76. The van der Waals surface area contributed by atoms with E-state index in [-0.39, 0.29) is 0 Å². The molecule has 1 unspecified atom stereocenters. The van der Waals surface area contributed by atoms with Crippen LogP contribution in [0.1, 0.15) is 23.2 Å². The maximum absolute atomic E-state index is 11.6. The van der Waals surface area contributed by atoms with Crippen molar-refractivity contribution in [1.82, 2.24) is 9.88 Å². The van der Waals surface area contributed by atoms with Gasteiger partial charge in [0.15, 0.2) is 0 Å². The van der Waals surface area contributed by atoms with E-state index in [0.29, 0.717) is 16.5 Å². The number of fused-ring (bicyclic) bond motifs is 1. The van der Waals surface area contributed by atoms with Crippen LogP contribution in [0.5, 0.6) is 0 Å². The van der Waals surface area contributed by atoms with Crippen molar-refractivity contribution < 1.29 is 4.79 Å². The summed E-state index contributed by atoms with van der Waals surface area (Å²) in [5.74, 6) is 0.155. The Kier molecular flexibility index (Phi) is 3.68. The van der Waals surface area contributed by atoms with Crippen LogP contribution in [0.4, 0.5) is 0 Å². The second-order valence-electron chi connectivity index (χ2n) is 5.41. The number of halogens is 1. The zero-order chi connectivity index (χ0) is 14.1. The van der Waals surface area contributed by atoms with Crippen molar-refractivity contribution in [2.75, 3.05) is 13.1 Å². The zero-order valence-electron chi connectivity index (χ0n) is 11.2. The fourth-order valence-electron chi connectivity index (χ4n) is 3.00. The summed E-state index contributed by atoms with van der Waals surface area (Å²) < 4.78 is 2.11. The van der Waals surface area contributed by atoms with Crippen molar-refractivity contribution in [3.63, 3.8) is 0 Å². The predicted molar refractivity (Wildman–Crippen MR) is 81.1 cm³/mol. The number of rotatable bonds is 3. The lowest BCUT2D eigenvalue weighted by Crippen LogP contribution is -2.32. The highest BCUT2D eigenvalue weighted by atomic mass is 35.5. The van der Waals surface area contributed by atoms with Crippen molar-refractivity contribution in [2.24, 2.45) is 11.7 Å². The van der Waals surface area contributed by atoms with Gasteiger partial charge in [-0.05, 0) is 44.0 Å². The van der Waals surface area contributed by atoms with E-state index >= 15 is 0 Å². The minimum atomic E-state index is -0.427. The molecule has 5 heteroatoms. The first kappa shape index (κ1) is 13.5. The van der Waals surface area contributed by atoms with E-state index < -0.39 is 5.91 Å². The van der Waals surface area contributed by atoms with Gasteiger partial charge in [0.1, 0.15) is 0 Å². The number of primary amides is 1. The zero-order valence-corrected chi connectivity index (χ0v) is 12.0. The fraction of sp³-hybridized carbons (Fsp3) is 0.400. The van der Waals surface area contributed by atoms with Crippen molar-refractivity contribution in [3.8, 4) is 0 Å². The molecule has 1 amide bonds. The fourth-order valence-corrected chi connectivity index (χ4v) is 3.28. The van der Waals surface area contributed by atoms with Gasteiger partial charge in [-0.15, -0.1) is 0 Å². The second kappa shape index (κ2) is 5.46. The molecule has 1 aliphatic heterocycles. The van der Waals surface area contributed by atoms with Crippen LogP contribution in [0, 0.1) is 5.92 Å². The summed E-state index contributed by atoms with van der Waals surface area (Å²) in [6.07, 6.45) is 4.25. The average Bonchev–Trinajstić information content (AvgIpc) is 2.81. The Morgan fingerprint density at radius 2 is 2.35 bits per heavy atom. The Labute approximate surface area is 122 Å². The Hall–Kier alpha value is -1.52. The van der Waals surface area contributed by atoms with Crippen molar-refractivity contribution >= 4 is 28.4 Å². The van der Waals surface area contributed by atoms with E-state index in [9.17, 15) is 4.79 Å². The number of hydrogen-bond donors (Lipinski definition) is 2. The van der Waals surface area contributed by atoms with Gasteiger partial charge in [0, 0.05) is 18.1 Å². The van der Waals surface area contributed by atoms with Crippen LogP contribution in [0.3, 0.4) is 0 Å². The third-order valence-electron chi connectivity index (χ3n) is 3.97. The summed E-state index contributed by atoms with van der Waals surface area (Å²) >= 11 is 6.23. The van der Waals surface area contributed by atoms with Crippen LogP contribution in [-0.4, -0.2) is 23.6 Å². The molecule has 1 fully saturated rings. The Morgan fingerprint density at radius 1 is 1.50 bits per heavy atom. The van der Waals surface area contributed by atoms with Crippen molar-refractivity contribution in [3.05, 3.63) is 35.0 Å². The number of carbonyl (C=O) groups is 1. The average molecular weight is 292 g/mol. The second-order valence-corrected chi connectivity index (χ2v) is 5.81. The van der Waals surface area contributed by atoms with Gasteiger partial charge in [-0.3, -0.25) is 4.79 Å². The van der Waals surface area contributed by atoms with Gasteiger partial charge in [0.2, 0.25) is 0 Å². The first-order chi connectivity index (χ1) is 9.66. The van der Waals surface area contributed by atoms with Crippen LogP contribution >= 0.6 is 11.6 Å². The lowest BCUT2D eigenvalue weighted by molar-refractivity contribution is 0.100. The quantitative estimate of drug-likeness (QED) is 0.912. The first-order valence-corrected chi connectivity index (χ1v) is 7.32. The van der Waals surface area contributed by atoms with Gasteiger partial charge in [-0.1, -0.05) is 17.7 Å². The van der Waals surface area contributed by atoms with Gasteiger partial charge in [-0.2, -0.15) is 0 Å². The molecular formula is C15H18ClN3O. The molecule has 1 saturated heterocycles. The highest BCUT2D eigenvalue weighted by molar-refractivity contribution is 6.36. The van der Waals surface area contributed by atoms with Gasteiger partial charge in [0.25, 0.3) is 5.91 Å². The molecule has 1 aromatic carbocycles. The molecule has 4 nitrogen and oxygen atoms in total. The minimum Gasteiger partial charge on any atom is -0.366 e. The molecule has 1 aliphatic rings. The van der Waals surface area contributed by atoms with Crippen molar-refractivity contribution in [2.45, 2.75) is 19.4 Å². The smallest absolute Gasteiger partial charge is 0.250 e. The summed E-state index contributed by atoms with van der Waals surface area (Å²) in [4.78, 5) is 11.6. The molecule has 3 N–H and O–H groups in total. The molecule has 106 valence electrons. The van der Waals surface area contributed by atoms with Crippen LogP contribution in [0.25, 0.3) is 10.9 Å². The highest BCUT2D eigenvalue weighted by Gasteiger charge is 2.19. The van der Waals surface area contributed by atoms with Crippen LogP contribution in [-0.2, 0) is 6.54 Å². The maximum atomic E-state index is 11.6. The number of nitrogens with one attached hydrogen (secondary N) is 1. The first-order valence-electron chi connectivity index (χ1n) is 6.94. The molecule has 1 aromatic heterocycles. The standard InChI is InChI=1S/C15H18ClN3O/c16-12-4-1-5-13-14(12)11(15(17)20)9-19(13)8-10-3-2-6-18-7-10/h1,4-5,9-10,18H,2-3,6-8H2,(H2,17,20). The highest BCUT2D eigenvalue weighted by Crippen LogP contribution is 2.29. The van der Waals surface area contributed by atoms with Gasteiger partial charge in [0.05, 0.1) is 16.1 Å². The van der Waals surface area contributed by atoms with Gasteiger partial charge < -0.3 is 15.6 Å². The van der Waals surface area contributed by atoms with Gasteiger partial charge >= 0.3 is 0 Å². The van der Waals surface area contributed by atoms with E-state index in [2.05, 4.69) is 9.88 Å². The number of aromatic nitrogens is 1. The van der Waals surface area contributed by atoms with E-state index in [1.165, 1.54) is 12.8 Å². The van der Waals surface area contributed by atoms with Gasteiger partial charge in [-0.25, -0.2) is 0 Å². The third-order valence-corrected chi connectivity index (χ3v) is 4.29. The molecule has 2 heterocycles. The van der Waals surface area contributed by atoms with Crippen molar-refractivity contribution in [1.29, 1.82) is 0 Å². The topological polar surface area (TPSA) is 60.1 Å². The molecule has 20 heavy (non-hydrogen) atoms. The molecule has 1 atom stereocenters. The lowest BCUT2D eigenvalue weighted by Gasteiger charge is -2.23. The largest absolute Gasteiger partial charge is 0.366 e. The predicted octanol–water partition coefficient (Wildman–Crippen LogP) is 2.39. The van der Waals surface area contributed by atoms with E-state index in [1.54, 1.807) is 6.07 Å². The van der Waals surface area contributed by atoms with Crippen LogP contribution < -0.4 is 11.1 Å². The van der Waals surface area contributed by atoms with E-state index in [4.69, 9.17) is 17.3 Å². The molecule has 0 spiro atoms. The number of carbonyl (C=O) groups excluding carboxylic acids is 1. The number of benzene rings is 1. The Balaban J connectivity index is 2.02. The van der Waals surface area contributed by atoms with E-state index in [0.717, 1.165) is 30.5 Å². The summed E-state index contributed by atoms with van der Waals surface area (Å²) in [6.45, 7) is 3.00. The number of nitrogens with zero attached hydrogens (tertiary/aromatic N) is 1. The Bertz CT molecular complexity index is 644. The normalized spacial score (nSPS) is 19.4. The Morgan fingerprint density at radius 3 is 3.05 bits per heavy atom. The molecule has 3 rings (SSSR count). The summed E-state index contributed by atoms with van der Waals surface area (Å²) in [6, 6.07) is 5.69. The molecule has 0 aliphatic carbocycles. The third kappa shape index (κ3) is 2.41. The number of hydrogen-bond acceptors (Lipinski definition) is 2. The maximum Gasteiger partial charge on any atom is 0.250 e. The van der Waals surface area contributed by atoms with E-state index in [1.807, 2.05) is 18.3 Å². The molecule has 0 radical (unpaired) electrons. The summed E-state index contributed by atoms with van der Waals surface area (Å²) in [5.41, 5.74) is 6.96. The summed E-state index contributed by atoms with van der Waals surface area (Å²) in [7, 11) is 0. The molecular weight excluding hydrogens is 274 g/mol. The molecule has 0 saturated carbocycles. The monoisotopic (exact) mass is 291 g/mol. The number of piperidine rings is 1. The number of amides is 1. The molecule has 2 aromatic rings. The molecule has 0 bridgehead atoms. The van der Waals surface area contributed by atoms with Crippen LogP contribution in [0.15, 0.2) is 24.4 Å². The lowest BCUT2D eigenvalue weighted by atomic mass is 10.00. The SMILES string of the molecule is NC(=O)c1cn(CC2CCCNC2)c2cccc(Cl)c12.